The maximum absolute atomic E-state index is 11.7. The number of thioether (sulfide) groups is 1. The highest BCUT2D eigenvalue weighted by molar-refractivity contribution is 8.12. The lowest BCUT2D eigenvalue weighted by Gasteiger charge is -2.38. The van der Waals surface area contributed by atoms with Crippen LogP contribution in [0.25, 0.3) is 0 Å². The number of rotatable bonds is 2. The van der Waals surface area contributed by atoms with Gasteiger partial charge in [0.1, 0.15) is 0 Å². The van der Waals surface area contributed by atoms with Crippen LogP contribution in [0.15, 0.2) is 30.3 Å². The molecule has 0 bridgehead atoms. The summed E-state index contributed by atoms with van der Waals surface area (Å²) in [6.07, 6.45) is 1.15. The van der Waals surface area contributed by atoms with Gasteiger partial charge in [-0.05, 0) is 18.9 Å². The van der Waals surface area contributed by atoms with Gasteiger partial charge < -0.3 is 4.90 Å². The minimum atomic E-state index is 0.220. The topological polar surface area (TPSA) is 20.3 Å². The Morgan fingerprint density at radius 2 is 2.20 bits per heavy atom. The third kappa shape index (κ3) is 2.53. The van der Waals surface area contributed by atoms with E-state index in [4.69, 9.17) is 0 Å². The normalized spacial score (nSPS) is 19.8. The predicted molar refractivity (Wildman–Crippen MR) is 63.9 cm³/mol. The van der Waals surface area contributed by atoms with Gasteiger partial charge in [-0.15, -0.1) is 0 Å². The third-order valence-corrected chi connectivity index (χ3v) is 3.72. The minimum absolute atomic E-state index is 0.220. The molecule has 1 aliphatic rings. The molecule has 80 valence electrons. The molecule has 1 unspecified atom stereocenters. The third-order valence-electron chi connectivity index (χ3n) is 2.76. The van der Waals surface area contributed by atoms with Crippen LogP contribution in [-0.4, -0.2) is 22.7 Å². The highest BCUT2D eigenvalue weighted by Gasteiger charge is 2.28. The van der Waals surface area contributed by atoms with Gasteiger partial charge in [0.05, 0.1) is 0 Å². The van der Waals surface area contributed by atoms with Gasteiger partial charge in [0, 0.05) is 18.3 Å². The first kappa shape index (κ1) is 10.6. The highest BCUT2D eigenvalue weighted by atomic mass is 32.2. The van der Waals surface area contributed by atoms with E-state index in [1.807, 2.05) is 23.1 Å². The van der Waals surface area contributed by atoms with Crippen LogP contribution < -0.4 is 0 Å². The van der Waals surface area contributed by atoms with E-state index in [1.165, 1.54) is 17.3 Å². The lowest BCUT2D eigenvalue weighted by molar-refractivity contribution is 0.146. The van der Waals surface area contributed by atoms with Crippen molar-refractivity contribution in [3.8, 4) is 0 Å². The fourth-order valence-electron chi connectivity index (χ4n) is 1.59. The summed E-state index contributed by atoms with van der Waals surface area (Å²) in [5.74, 6) is 0.781. The van der Waals surface area contributed by atoms with Gasteiger partial charge in [0.25, 0.3) is 5.24 Å². The number of carbonyl (C=O) groups excluding carboxylic acids is 1. The van der Waals surface area contributed by atoms with Crippen LogP contribution >= 0.6 is 11.8 Å². The SMILES string of the molecule is CC1CCN1C(=O)SCc1ccccc1. The van der Waals surface area contributed by atoms with Crippen LogP contribution in [0.4, 0.5) is 4.79 Å². The molecule has 1 atom stereocenters. The van der Waals surface area contributed by atoms with Gasteiger partial charge >= 0.3 is 0 Å². The summed E-state index contributed by atoms with van der Waals surface area (Å²) in [5, 5.41) is 0.220. The number of carbonyl (C=O) groups is 1. The lowest BCUT2D eigenvalue weighted by Crippen LogP contribution is -2.47. The number of likely N-dealkylation sites (tertiary alicyclic amines) is 1. The molecule has 0 radical (unpaired) electrons. The summed E-state index contributed by atoms with van der Waals surface area (Å²) in [6.45, 7) is 3.03. The second-order valence-corrected chi connectivity index (χ2v) is 4.80. The van der Waals surface area contributed by atoms with E-state index in [-0.39, 0.29) is 5.24 Å². The van der Waals surface area contributed by atoms with Crippen molar-refractivity contribution in [3.05, 3.63) is 35.9 Å². The molecule has 2 nitrogen and oxygen atoms in total. The molecule has 2 rings (SSSR count). The molecule has 1 aliphatic heterocycles. The molecule has 1 aromatic rings. The molecular weight excluding hydrogens is 206 g/mol. The number of amides is 1. The summed E-state index contributed by atoms with van der Waals surface area (Å²) >= 11 is 1.40. The van der Waals surface area contributed by atoms with Crippen molar-refractivity contribution in [1.82, 2.24) is 4.90 Å². The zero-order chi connectivity index (χ0) is 10.7. The smallest absolute Gasteiger partial charge is 0.282 e. The number of nitrogens with zero attached hydrogens (tertiary/aromatic N) is 1. The van der Waals surface area contributed by atoms with Crippen molar-refractivity contribution >= 4 is 17.0 Å². The molecule has 0 N–H and O–H groups in total. The minimum Gasteiger partial charge on any atom is -0.331 e. The van der Waals surface area contributed by atoms with Crippen LogP contribution in [-0.2, 0) is 5.75 Å². The number of hydrogen-bond donors (Lipinski definition) is 0. The first-order chi connectivity index (χ1) is 7.27. The Labute approximate surface area is 94.7 Å². The Kier molecular flexibility index (Phi) is 3.31. The molecular formula is C12H15NOS. The maximum Gasteiger partial charge on any atom is 0.282 e. The van der Waals surface area contributed by atoms with E-state index < -0.39 is 0 Å². The van der Waals surface area contributed by atoms with Gasteiger partial charge in [-0.25, -0.2) is 0 Å². The largest absolute Gasteiger partial charge is 0.331 e. The summed E-state index contributed by atoms with van der Waals surface area (Å²) in [5.41, 5.74) is 1.21. The monoisotopic (exact) mass is 221 g/mol. The molecule has 1 amide bonds. The number of benzene rings is 1. The molecule has 1 fully saturated rings. The highest BCUT2D eigenvalue weighted by Crippen LogP contribution is 2.24. The first-order valence-corrected chi connectivity index (χ1v) is 6.23. The Hall–Kier alpha value is -0.960. The fourth-order valence-corrected chi connectivity index (χ4v) is 2.51. The van der Waals surface area contributed by atoms with Gasteiger partial charge in [0.2, 0.25) is 0 Å². The average Bonchev–Trinajstić information content (AvgIpc) is 2.26. The van der Waals surface area contributed by atoms with E-state index in [0.717, 1.165) is 18.7 Å². The zero-order valence-corrected chi connectivity index (χ0v) is 9.67. The van der Waals surface area contributed by atoms with E-state index in [0.29, 0.717) is 6.04 Å². The molecule has 1 saturated heterocycles. The van der Waals surface area contributed by atoms with Crippen molar-refractivity contribution in [2.24, 2.45) is 0 Å². The lowest BCUT2D eigenvalue weighted by atomic mass is 10.1. The van der Waals surface area contributed by atoms with Crippen molar-refractivity contribution in [1.29, 1.82) is 0 Å². The van der Waals surface area contributed by atoms with Crippen LogP contribution in [0.1, 0.15) is 18.9 Å². The summed E-state index contributed by atoms with van der Waals surface area (Å²) in [4.78, 5) is 13.6. The average molecular weight is 221 g/mol. The zero-order valence-electron chi connectivity index (χ0n) is 8.85. The molecule has 3 heteroatoms. The maximum atomic E-state index is 11.7. The van der Waals surface area contributed by atoms with E-state index >= 15 is 0 Å². The molecule has 0 spiro atoms. The van der Waals surface area contributed by atoms with Crippen LogP contribution in [0.2, 0.25) is 0 Å². The van der Waals surface area contributed by atoms with Crippen molar-refractivity contribution in [2.45, 2.75) is 25.1 Å². The van der Waals surface area contributed by atoms with Gasteiger partial charge in [-0.1, -0.05) is 42.1 Å². The summed E-state index contributed by atoms with van der Waals surface area (Å²) < 4.78 is 0. The predicted octanol–water partition coefficient (Wildman–Crippen LogP) is 3.13. The molecule has 0 saturated carbocycles. The van der Waals surface area contributed by atoms with E-state index in [1.54, 1.807) is 0 Å². The Morgan fingerprint density at radius 1 is 1.47 bits per heavy atom. The summed E-state index contributed by atoms with van der Waals surface area (Å²) in [6, 6.07) is 10.6. The second kappa shape index (κ2) is 4.71. The molecule has 15 heavy (non-hydrogen) atoms. The van der Waals surface area contributed by atoms with Crippen LogP contribution in [0.5, 0.6) is 0 Å². The van der Waals surface area contributed by atoms with E-state index in [9.17, 15) is 4.79 Å². The van der Waals surface area contributed by atoms with Crippen molar-refractivity contribution in [3.63, 3.8) is 0 Å². The first-order valence-electron chi connectivity index (χ1n) is 5.24. The van der Waals surface area contributed by atoms with Crippen molar-refractivity contribution in [2.75, 3.05) is 6.54 Å². The standard InChI is InChI=1S/C12H15NOS/c1-10-7-8-13(10)12(14)15-9-11-5-3-2-4-6-11/h2-6,10H,7-9H2,1H3. The van der Waals surface area contributed by atoms with Gasteiger partial charge in [-0.3, -0.25) is 4.79 Å². The number of hydrogen-bond acceptors (Lipinski definition) is 2. The van der Waals surface area contributed by atoms with E-state index in [2.05, 4.69) is 19.1 Å². The van der Waals surface area contributed by atoms with Gasteiger partial charge in [0.15, 0.2) is 0 Å². The molecule has 1 heterocycles. The van der Waals surface area contributed by atoms with Gasteiger partial charge in [-0.2, -0.15) is 0 Å². The van der Waals surface area contributed by atoms with Crippen LogP contribution in [0.3, 0.4) is 0 Å². The van der Waals surface area contributed by atoms with Crippen LogP contribution in [0, 0.1) is 0 Å². The molecule has 1 aromatic carbocycles. The summed E-state index contributed by atoms with van der Waals surface area (Å²) in [7, 11) is 0. The fraction of sp³-hybridized carbons (Fsp3) is 0.417. The Morgan fingerprint density at radius 3 is 2.73 bits per heavy atom. The molecule has 0 aliphatic carbocycles. The van der Waals surface area contributed by atoms with Crippen molar-refractivity contribution < 1.29 is 4.79 Å². The second-order valence-electron chi connectivity index (χ2n) is 3.87. The quantitative estimate of drug-likeness (QED) is 0.764. The Bertz CT molecular complexity index is 339. The molecule has 0 aromatic heterocycles. The Balaban J connectivity index is 1.81.